The molecule has 2 N–H and O–H groups in total. The lowest BCUT2D eigenvalue weighted by Gasteiger charge is -2.24. The van der Waals surface area contributed by atoms with Crippen molar-refractivity contribution >= 4 is 5.97 Å². The molecular weight excluding hydrogens is 182 g/mol. The molecule has 0 aliphatic heterocycles. The predicted octanol–water partition coefficient (Wildman–Crippen LogP) is 1.26. The van der Waals surface area contributed by atoms with Crippen LogP contribution in [0, 0.1) is 0 Å². The minimum Gasteiger partial charge on any atom is -0.480 e. The van der Waals surface area contributed by atoms with Gasteiger partial charge in [-0.1, -0.05) is 13.8 Å². The van der Waals surface area contributed by atoms with E-state index in [1.54, 1.807) is 6.92 Å². The Balaban J connectivity index is 3.68. The van der Waals surface area contributed by atoms with Crippen molar-refractivity contribution in [1.82, 2.24) is 5.32 Å². The summed E-state index contributed by atoms with van der Waals surface area (Å²) in [5.74, 6) is -0.810. The molecule has 4 nitrogen and oxygen atoms in total. The molecule has 0 bridgehead atoms. The van der Waals surface area contributed by atoms with Crippen LogP contribution in [0.2, 0.25) is 0 Å². The summed E-state index contributed by atoms with van der Waals surface area (Å²) in [7, 11) is 0. The van der Waals surface area contributed by atoms with Crippen LogP contribution in [-0.4, -0.2) is 36.4 Å². The first-order chi connectivity index (χ1) is 6.56. The zero-order chi connectivity index (χ0) is 11.0. The van der Waals surface area contributed by atoms with E-state index in [1.165, 1.54) is 0 Å². The molecule has 1 unspecified atom stereocenters. The number of hydrogen-bond acceptors (Lipinski definition) is 3. The Hall–Kier alpha value is -0.610. The largest absolute Gasteiger partial charge is 0.480 e. The van der Waals surface area contributed by atoms with E-state index < -0.39 is 11.5 Å². The van der Waals surface area contributed by atoms with Gasteiger partial charge in [0.15, 0.2) is 0 Å². The first kappa shape index (κ1) is 13.4. The molecule has 0 aliphatic rings. The number of carbonyl (C=O) groups is 1. The first-order valence-electron chi connectivity index (χ1n) is 5.13. The number of carboxylic acid groups (broad SMARTS) is 1. The van der Waals surface area contributed by atoms with Gasteiger partial charge in [-0.15, -0.1) is 0 Å². The number of hydrogen-bond donors (Lipinski definition) is 2. The smallest absolute Gasteiger partial charge is 0.323 e. The van der Waals surface area contributed by atoms with Crippen molar-refractivity contribution in [2.24, 2.45) is 0 Å². The van der Waals surface area contributed by atoms with Crippen LogP contribution in [0.4, 0.5) is 0 Å². The molecule has 4 heteroatoms. The minimum absolute atomic E-state index is 0.566. The van der Waals surface area contributed by atoms with Crippen molar-refractivity contribution in [2.45, 2.75) is 39.2 Å². The fourth-order valence-electron chi connectivity index (χ4n) is 0.997. The van der Waals surface area contributed by atoms with Crippen molar-refractivity contribution < 1.29 is 14.6 Å². The topological polar surface area (TPSA) is 58.6 Å². The molecule has 0 radical (unpaired) electrons. The van der Waals surface area contributed by atoms with E-state index in [9.17, 15) is 4.79 Å². The minimum atomic E-state index is -0.824. The van der Waals surface area contributed by atoms with Gasteiger partial charge in [-0.2, -0.15) is 0 Å². The van der Waals surface area contributed by atoms with E-state index in [0.29, 0.717) is 19.6 Å². The molecule has 0 aromatic carbocycles. The van der Waals surface area contributed by atoms with Gasteiger partial charge in [0.2, 0.25) is 0 Å². The lowest BCUT2D eigenvalue weighted by atomic mass is 9.99. The van der Waals surface area contributed by atoms with Crippen molar-refractivity contribution in [3.8, 4) is 0 Å². The van der Waals surface area contributed by atoms with Crippen LogP contribution in [0.15, 0.2) is 0 Å². The number of ether oxygens (including phenoxy) is 1. The molecule has 1 atom stereocenters. The average molecular weight is 203 g/mol. The quantitative estimate of drug-likeness (QED) is 0.583. The standard InChI is InChI=1S/C10H21NO3/c1-4-7-14-8-6-11-10(3,5-2)9(12)13/h11H,4-8H2,1-3H3,(H,12,13). The van der Waals surface area contributed by atoms with Crippen LogP contribution >= 0.6 is 0 Å². The van der Waals surface area contributed by atoms with E-state index in [2.05, 4.69) is 5.32 Å². The molecule has 0 spiro atoms. The summed E-state index contributed by atoms with van der Waals surface area (Å²) >= 11 is 0. The van der Waals surface area contributed by atoms with Gasteiger partial charge in [0.05, 0.1) is 6.61 Å². The van der Waals surface area contributed by atoms with E-state index in [4.69, 9.17) is 9.84 Å². The van der Waals surface area contributed by atoms with Crippen LogP contribution in [0.25, 0.3) is 0 Å². The highest BCUT2D eigenvalue weighted by Gasteiger charge is 2.29. The second kappa shape index (κ2) is 6.79. The SMILES string of the molecule is CCCOCCNC(C)(CC)C(=O)O. The normalized spacial score (nSPS) is 15.1. The third-order valence-electron chi connectivity index (χ3n) is 2.29. The molecule has 0 rings (SSSR count). The second-order valence-corrected chi connectivity index (χ2v) is 3.53. The average Bonchev–Trinajstić information content (AvgIpc) is 2.17. The van der Waals surface area contributed by atoms with Gasteiger partial charge in [0.25, 0.3) is 0 Å². The van der Waals surface area contributed by atoms with Crippen LogP contribution in [0.1, 0.15) is 33.6 Å². The van der Waals surface area contributed by atoms with Gasteiger partial charge >= 0.3 is 5.97 Å². The van der Waals surface area contributed by atoms with Crippen molar-refractivity contribution in [3.63, 3.8) is 0 Å². The Morgan fingerprint density at radius 1 is 1.43 bits per heavy atom. The van der Waals surface area contributed by atoms with Gasteiger partial charge in [-0.3, -0.25) is 10.1 Å². The Kier molecular flexibility index (Phi) is 6.49. The molecule has 14 heavy (non-hydrogen) atoms. The van der Waals surface area contributed by atoms with Crippen LogP contribution in [0.5, 0.6) is 0 Å². The van der Waals surface area contributed by atoms with Crippen molar-refractivity contribution in [3.05, 3.63) is 0 Å². The summed E-state index contributed by atoms with van der Waals surface area (Å²) < 4.78 is 5.25. The van der Waals surface area contributed by atoms with Crippen LogP contribution in [-0.2, 0) is 9.53 Å². The van der Waals surface area contributed by atoms with Crippen molar-refractivity contribution in [2.75, 3.05) is 19.8 Å². The number of rotatable bonds is 8. The molecule has 0 aliphatic carbocycles. The molecule has 0 aromatic heterocycles. The third kappa shape index (κ3) is 4.58. The van der Waals surface area contributed by atoms with Crippen molar-refractivity contribution in [1.29, 1.82) is 0 Å². The monoisotopic (exact) mass is 203 g/mol. The fraction of sp³-hybridized carbons (Fsp3) is 0.900. The number of carboxylic acids is 1. The lowest BCUT2D eigenvalue weighted by molar-refractivity contribution is -0.144. The maximum absolute atomic E-state index is 10.9. The highest BCUT2D eigenvalue weighted by Crippen LogP contribution is 2.08. The maximum Gasteiger partial charge on any atom is 0.323 e. The second-order valence-electron chi connectivity index (χ2n) is 3.53. The van der Waals surface area contributed by atoms with Gasteiger partial charge in [-0.05, 0) is 19.8 Å². The molecule has 0 saturated carbocycles. The molecule has 0 saturated heterocycles. The highest BCUT2D eigenvalue weighted by atomic mass is 16.5. The Morgan fingerprint density at radius 3 is 2.50 bits per heavy atom. The van der Waals surface area contributed by atoms with Gasteiger partial charge in [-0.25, -0.2) is 0 Å². The zero-order valence-corrected chi connectivity index (χ0v) is 9.30. The maximum atomic E-state index is 10.9. The molecule has 0 heterocycles. The Morgan fingerprint density at radius 2 is 2.07 bits per heavy atom. The Bertz CT molecular complexity index is 173. The van der Waals surface area contributed by atoms with E-state index >= 15 is 0 Å². The van der Waals surface area contributed by atoms with Gasteiger partial charge < -0.3 is 9.84 Å². The Labute approximate surface area is 85.6 Å². The van der Waals surface area contributed by atoms with Crippen LogP contribution in [0.3, 0.4) is 0 Å². The fourth-order valence-corrected chi connectivity index (χ4v) is 0.997. The number of aliphatic carboxylic acids is 1. The highest BCUT2D eigenvalue weighted by molar-refractivity contribution is 5.78. The molecule has 84 valence electrons. The summed E-state index contributed by atoms with van der Waals surface area (Å²) in [4.78, 5) is 10.9. The summed E-state index contributed by atoms with van der Waals surface area (Å²) in [5.41, 5.74) is -0.824. The van der Waals surface area contributed by atoms with Gasteiger partial charge in [0.1, 0.15) is 5.54 Å². The summed E-state index contributed by atoms with van der Waals surface area (Å²) in [5, 5.41) is 11.9. The third-order valence-corrected chi connectivity index (χ3v) is 2.29. The van der Waals surface area contributed by atoms with E-state index in [0.717, 1.165) is 13.0 Å². The van der Waals surface area contributed by atoms with Crippen LogP contribution < -0.4 is 5.32 Å². The molecule has 0 aromatic rings. The molecule has 0 fully saturated rings. The molecule has 0 amide bonds. The summed E-state index contributed by atoms with van der Waals surface area (Å²) in [6.07, 6.45) is 1.56. The molecular formula is C10H21NO3. The summed E-state index contributed by atoms with van der Waals surface area (Å²) in [6.45, 7) is 7.47. The number of nitrogens with one attached hydrogen (secondary N) is 1. The predicted molar refractivity (Wildman–Crippen MR) is 55.4 cm³/mol. The van der Waals surface area contributed by atoms with E-state index in [1.807, 2.05) is 13.8 Å². The zero-order valence-electron chi connectivity index (χ0n) is 9.30. The van der Waals surface area contributed by atoms with E-state index in [-0.39, 0.29) is 0 Å². The lowest BCUT2D eigenvalue weighted by Crippen LogP contribution is -2.50. The van der Waals surface area contributed by atoms with Gasteiger partial charge in [0, 0.05) is 13.2 Å². The summed E-state index contributed by atoms with van der Waals surface area (Å²) in [6, 6.07) is 0. The first-order valence-corrected chi connectivity index (χ1v) is 5.13.